The Bertz CT molecular complexity index is 535. The highest BCUT2D eigenvalue weighted by Gasteiger charge is 2.29. The van der Waals surface area contributed by atoms with Crippen LogP contribution in [0.4, 0.5) is 10.9 Å². The smallest absolute Gasteiger partial charge is 0.267 e. The highest BCUT2D eigenvalue weighted by molar-refractivity contribution is 7.18. The van der Waals surface area contributed by atoms with Gasteiger partial charge in [-0.2, -0.15) is 0 Å². The molecule has 1 aliphatic rings. The number of hydrogen-bond donors (Lipinski definition) is 2. The number of nitrogen functional groups attached to an aromatic ring is 1. The molecule has 1 aromatic heterocycles. The van der Waals surface area contributed by atoms with Crippen molar-refractivity contribution in [1.82, 2.24) is 15.2 Å². The van der Waals surface area contributed by atoms with Gasteiger partial charge in [-0.3, -0.25) is 9.59 Å². The molecule has 116 valence electrons. The van der Waals surface area contributed by atoms with Gasteiger partial charge >= 0.3 is 0 Å². The van der Waals surface area contributed by atoms with Crippen LogP contribution in [-0.4, -0.2) is 55.9 Å². The number of carbonyl (C=O) groups excluding carboxylic acids is 2. The molecule has 1 fully saturated rings. The second-order valence-corrected chi connectivity index (χ2v) is 6.26. The predicted molar refractivity (Wildman–Crippen MR) is 83.5 cm³/mol. The summed E-state index contributed by atoms with van der Waals surface area (Å²) >= 11 is 1.30. The topological polar surface area (TPSA) is 91.6 Å². The van der Waals surface area contributed by atoms with Crippen LogP contribution in [0.3, 0.4) is 0 Å². The molecule has 3 N–H and O–H groups in total. The molecule has 0 radical (unpaired) electrons. The second kappa shape index (κ2) is 6.30. The van der Waals surface area contributed by atoms with Gasteiger partial charge in [0.05, 0.1) is 0 Å². The lowest BCUT2D eigenvalue weighted by molar-refractivity contribution is -0.125. The van der Waals surface area contributed by atoms with E-state index in [1.807, 2.05) is 19.0 Å². The molecule has 0 unspecified atom stereocenters. The Labute approximate surface area is 128 Å². The van der Waals surface area contributed by atoms with Gasteiger partial charge in [0.1, 0.15) is 10.7 Å². The normalized spacial score (nSPS) is 15.9. The molecule has 8 heteroatoms. The van der Waals surface area contributed by atoms with Gasteiger partial charge in [-0.1, -0.05) is 11.3 Å². The fraction of sp³-hybridized carbons (Fsp3) is 0.615. The molecule has 2 heterocycles. The molecule has 0 aliphatic carbocycles. The third-order valence-electron chi connectivity index (χ3n) is 3.62. The zero-order valence-corrected chi connectivity index (χ0v) is 13.4. The summed E-state index contributed by atoms with van der Waals surface area (Å²) in [6.07, 6.45) is 1.37. The van der Waals surface area contributed by atoms with Gasteiger partial charge in [0, 0.05) is 40.2 Å². The van der Waals surface area contributed by atoms with E-state index >= 15 is 0 Å². The minimum absolute atomic E-state index is 0.00445. The Morgan fingerprint density at radius 1 is 1.38 bits per heavy atom. The fourth-order valence-electron chi connectivity index (χ4n) is 2.36. The van der Waals surface area contributed by atoms with E-state index in [4.69, 9.17) is 5.73 Å². The van der Waals surface area contributed by atoms with Gasteiger partial charge in [-0.05, 0) is 12.8 Å². The van der Waals surface area contributed by atoms with Crippen LogP contribution in [0.1, 0.15) is 22.5 Å². The van der Waals surface area contributed by atoms with Crippen molar-refractivity contribution in [3.05, 3.63) is 4.88 Å². The number of thiazole rings is 1. The molecule has 2 rings (SSSR count). The average molecular weight is 311 g/mol. The van der Waals surface area contributed by atoms with Gasteiger partial charge in [-0.25, -0.2) is 4.98 Å². The van der Waals surface area contributed by atoms with E-state index in [1.165, 1.54) is 11.3 Å². The van der Waals surface area contributed by atoms with Crippen molar-refractivity contribution in [2.75, 3.05) is 44.9 Å². The van der Waals surface area contributed by atoms with Crippen molar-refractivity contribution in [3.8, 4) is 0 Å². The molecule has 0 bridgehead atoms. The van der Waals surface area contributed by atoms with Crippen LogP contribution in [0.15, 0.2) is 0 Å². The zero-order valence-electron chi connectivity index (χ0n) is 12.5. The van der Waals surface area contributed by atoms with Crippen LogP contribution in [0.2, 0.25) is 0 Å². The van der Waals surface area contributed by atoms with Crippen LogP contribution in [0, 0.1) is 5.92 Å². The van der Waals surface area contributed by atoms with E-state index in [1.54, 1.807) is 11.9 Å². The molecule has 1 aliphatic heterocycles. The van der Waals surface area contributed by atoms with E-state index in [9.17, 15) is 9.59 Å². The first-order valence-electron chi connectivity index (χ1n) is 6.88. The van der Waals surface area contributed by atoms with Gasteiger partial charge in [0.2, 0.25) is 5.91 Å². The van der Waals surface area contributed by atoms with Crippen molar-refractivity contribution < 1.29 is 9.59 Å². The van der Waals surface area contributed by atoms with Gasteiger partial charge < -0.3 is 20.9 Å². The summed E-state index contributed by atoms with van der Waals surface area (Å²) in [6, 6.07) is 0. The largest absolute Gasteiger partial charge is 0.382 e. The number of rotatable bonds is 3. The SMILES string of the molecule is CNC(=O)C1CCN(C(=O)c2sc(N(C)C)nc2N)CC1. The first-order valence-corrected chi connectivity index (χ1v) is 7.70. The molecule has 2 amide bonds. The maximum absolute atomic E-state index is 12.5. The van der Waals surface area contributed by atoms with Gasteiger partial charge in [0.25, 0.3) is 5.91 Å². The number of nitrogens with two attached hydrogens (primary N) is 1. The number of likely N-dealkylation sites (tertiary alicyclic amines) is 1. The Kier molecular flexibility index (Phi) is 4.66. The van der Waals surface area contributed by atoms with Gasteiger partial charge in [-0.15, -0.1) is 0 Å². The number of amides is 2. The number of hydrogen-bond acceptors (Lipinski definition) is 6. The van der Waals surface area contributed by atoms with Gasteiger partial charge in [0.15, 0.2) is 5.13 Å². The molecule has 1 saturated heterocycles. The number of nitrogens with one attached hydrogen (secondary N) is 1. The summed E-state index contributed by atoms with van der Waals surface area (Å²) in [5.74, 6) is 0.236. The summed E-state index contributed by atoms with van der Waals surface area (Å²) < 4.78 is 0. The molecule has 21 heavy (non-hydrogen) atoms. The summed E-state index contributed by atoms with van der Waals surface area (Å²) in [7, 11) is 5.36. The maximum Gasteiger partial charge on any atom is 0.267 e. The average Bonchev–Trinajstić information content (AvgIpc) is 2.88. The lowest BCUT2D eigenvalue weighted by Gasteiger charge is -2.30. The van der Waals surface area contributed by atoms with E-state index in [0.717, 1.165) is 5.13 Å². The van der Waals surface area contributed by atoms with E-state index in [0.29, 0.717) is 30.8 Å². The van der Waals surface area contributed by atoms with E-state index in [2.05, 4.69) is 10.3 Å². The first kappa shape index (κ1) is 15.6. The van der Waals surface area contributed by atoms with Crippen LogP contribution < -0.4 is 16.0 Å². The second-order valence-electron chi connectivity index (χ2n) is 5.29. The summed E-state index contributed by atoms with van der Waals surface area (Å²) in [4.78, 5) is 32.4. The predicted octanol–water partition coefficient (Wildman–Crippen LogP) is 0.390. The minimum atomic E-state index is -0.0894. The Morgan fingerprint density at radius 3 is 2.48 bits per heavy atom. The first-order chi connectivity index (χ1) is 9.93. The highest BCUT2D eigenvalue weighted by atomic mass is 32.1. The quantitative estimate of drug-likeness (QED) is 0.842. The zero-order chi connectivity index (χ0) is 15.6. The van der Waals surface area contributed by atoms with Crippen molar-refractivity contribution in [2.45, 2.75) is 12.8 Å². The van der Waals surface area contributed by atoms with Crippen molar-refractivity contribution in [3.63, 3.8) is 0 Å². The molecule has 0 spiro atoms. The van der Waals surface area contributed by atoms with Crippen LogP contribution in [-0.2, 0) is 4.79 Å². The third-order valence-corrected chi connectivity index (χ3v) is 4.85. The van der Waals surface area contributed by atoms with Crippen LogP contribution in [0.25, 0.3) is 0 Å². The molecular weight excluding hydrogens is 290 g/mol. The van der Waals surface area contributed by atoms with Crippen molar-refractivity contribution in [1.29, 1.82) is 0 Å². The van der Waals surface area contributed by atoms with Crippen LogP contribution in [0.5, 0.6) is 0 Å². The third kappa shape index (κ3) is 3.26. The Balaban J connectivity index is 2.04. The van der Waals surface area contributed by atoms with E-state index in [-0.39, 0.29) is 23.6 Å². The van der Waals surface area contributed by atoms with Crippen molar-refractivity contribution >= 4 is 34.1 Å². The number of piperidine rings is 1. The standard InChI is InChI=1S/C13H21N5O2S/c1-15-11(19)8-4-6-18(7-5-8)12(20)9-10(14)16-13(21-9)17(2)3/h8H,4-7,14H2,1-3H3,(H,15,19). The Hall–Kier alpha value is -1.83. The molecule has 0 saturated carbocycles. The summed E-state index contributed by atoms with van der Waals surface area (Å²) in [5, 5.41) is 3.38. The van der Waals surface area contributed by atoms with E-state index < -0.39 is 0 Å². The van der Waals surface area contributed by atoms with Crippen molar-refractivity contribution in [2.24, 2.45) is 5.92 Å². The summed E-state index contributed by atoms with van der Waals surface area (Å²) in [5.41, 5.74) is 5.84. The molecular formula is C13H21N5O2S. The number of nitrogens with zero attached hydrogens (tertiary/aromatic N) is 3. The molecule has 0 aromatic carbocycles. The fourth-order valence-corrected chi connectivity index (χ4v) is 3.23. The number of carbonyl (C=O) groups is 2. The molecule has 1 aromatic rings. The summed E-state index contributed by atoms with van der Waals surface area (Å²) in [6.45, 7) is 1.15. The lowest BCUT2D eigenvalue weighted by atomic mass is 9.96. The minimum Gasteiger partial charge on any atom is -0.382 e. The molecule has 7 nitrogen and oxygen atoms in total. The highest BCUT2D eigenvalue weighted by Crippen LogP contribution is 2.29. The molecule has 0 atom stereocenters. The number of aromatic nitrogens is 1. The lowest BCUT2D eigenvalue weighted by Crippen LogP contribution is -2.42. The Morgan fingerprint density at radius 2 is 2.00 bits per heavy atom. The number of anilines is 2. The maximum atomic E-state index is 12.5. The van der Waals surface area contributed by atoms with Crippen LogP contribution >= 0.6 is 11.3 Å². The monoisotopic (exact) mass is 311 g/mol.